The highest BCUT2D eigenvalue weighted by Gasteiger charge is 2.18. The lowest BCUT2D eigenvalue weighted by Crippen LogP contribution is -2.25. The maximum Gasteiger partial charge on any atom is 0.513 e. The molecule has 1 rings (SSSR count). The molecule has 0 amide bonds. The zero-order valence-corrected chi connectivity index (χ0v) is 16.1. The molecule has 0 saturated heterocycles. The summed E-state index contributed by atoms with van der Waals surface area (Å²) >= 11 is 0. The first-order chi connectivity index (χ1) is 11.4. The third-order valence-corrected chi connectivity index (χ3v) is 4.24. The standard InChI is InChI=1S/C20H33NO3/c1-7-21(8-2)13-10-14-23-20(22)24-19-17(15(3)4)11-9-12-18(19)16(5)6/h9,11-12,15-16H,7-8,10,13-14H2,1-6H3. The van der Waals surface area contributed by atoms with Crippen molar-refractivity contribution in [3.63, 3.8) is 0 Å². The summed E-state index contributed by atoms with van der Waals surface area (Å²) in [6.45, 7) is 16.0. The van der Waals surface area contributed by atoms with E-state index in [-0.39, 0.29) is 11.8 Å². The molecule has 1 aromatic carbocycles. The van der Waals surface area contributed by atoms with Crippen molar-refractivity contribution in [1.29, 1.82) is 0 Å². The Kier molecular flexibility index (Phi) is 8.83. The number of ether oxygens (including phenoxy) is 2. The molecule has 0 N–H and O–H groups in total. The highest BCUT2D eigenvalue weighted by atomic mass is 16.7. The lowest BCUT2D eigenvalue weighted by atomic mass is 9.94. The summed E-state index contributed by atoms with van der Waals surface area (Å²) in [4.78, 5) is 14.4. The molecule has 0 aliphatic rings. The zero-order chi connectivity index (χ0) is 18.1. The molecule has 4 heteroatoms. The average Bonchev–Trinajstić information content (AvgIpc) is 2.54. The summed E-state index contributed by atoms with van der Waals surface area (Å²) in [5.74, 6) is 1.24. The fraction of sp³-hybridized carbons (Fsp3) is 0.650. The highest BCUT2D eigenvalue weighted by molar-refractivity contribution is 5.66. The van der Waals surface area contributed by atoms with E-state index in [2.05, 4.69) is 46.4 Å². The van der Waals surface area contributed by atoms with Gasteiger partial charge in [0.1, 0.15) is 5.75 Å². The van der Waals surface area contributed by atoms with Gasteiger partial charge in [-0.2, -0.15) is 0 Å². The van der Waals surface area contributed by atoms with Crippen molar-refractivity contribution >= 4 is 6.16 Å². The first-order valence-corrected chi connectivity index (χ1v) is 9.10. The van der Waals surface area contributed by atoms with Crippen molar-refractivity contribution in [3.8, 4) is 5.75 Å². The highest BCUT2D eigenvalue weighted by Crippen LogP contribution is 2.34. The lowest BCUT2D eigenvalue weighted by Gasteiger charge is -2.19. The zero-order valence-electron chi connectivity index (χ0n) is 16.1. The summed E-state index contributed by atoms with van der Waals surface area (Å²) in [6.07, 6.45) is 0.212. The lowest BCUT2D eigenvalue weighted by molar-refractivity contribution is 0.0938. The third kappa shape index (κ3) is 6.16. The van der Waals surface area contributed by atoms with Gasteiger partial charge in [0, 0.05) is 6.54 Å². The van der Waals surface area contributed by atoms with Crippen LogP contribution in [0.15, 0.2) is 18.2 Å². The molecule has 0 fully saturated rings. The van der Waals surface area contributed by atoms with E-state index in [1.807, 2.05) is 18.2 Å². The van der Waals surface area contributed by atoms with E-state index in [0.29, 0.717) is 12.4 Å². The molecule has 4 nitrogen and oxygen atoms in total. The molecule has 0 heterocycles. The first kappa shape index (κ1) is 20.5. The van der Waals surface area contributed by atoms with Gasteiger partial charge in [0.2, 0.25) is 0 Å². The van der Waals surface area contributed by atoms with Crippen LogP contribution in [0.5, 0.6) is 5.75 Å². The molecule has 136 valence electrons. The first-order valence-electron chi connectivity index (χ1n) is 9.10. The van der Waals surface area contributed by atoms with Gasteiger partial charge in [-0.05, 0) is 42.5 Å². The van der Waals surface area contributed by atoms with Gasteiger partial charge < -0.3 is 14.4 Å². The smallest absolute Gasteiger partial charge is 0.434 e. The molecule has 0 bridgehead atoms. The fourth-order valence-electron chi connectivity index (χ4n) is 2.70. The minimum atomic E-state index is -0.607. The Hall–Kier alpha value is -1.55. The Morgan fingerprint density at radius 3 is 2.04 bits per heavy atom. The molecule has 0 aliphatic heterocycles. The van der Waals surface area contributed by atoms with Gasteiger partial charge in [-0.15, -0.1) is 0 Å². The Bertz CT molecular complexity index is 481. The second-order valence-corrected chi connectivity index (χ2v) is 6.66. The van der Waals surface area contributed by atoms with Crippen LogP contribution in [0, 0.1) is 0 Å². The van der Waals surface area contributed by atoms with Crippen molar-refractivity contribution in [3.05, 3.63) is 29.3 Å². The predicted octanol–water partition coefficient (Wildman–Crippen LogP) is 5.18. The molecule has 0 aliphatic carbocycles. The van der Waals surface area contributed by atoms with Gasteiger partial charge >= 0.3 is 6.16 Å². The second-order valence-electron chi connectivity index (χ2n) is 6.66. The van der Waals surface area contributed by atoms with Crippen LogP contribution in [0.2, 0.25) is 0 Å². The normalized spacial score (nSPS) is 11.4. The quantitative estimate of drug-likeness (QED) is 0.354. The van der Waals surface area contributed by atoms with Gasteiger partial charge in [0.05, 0.1) is 6.61 Å². The minimum Gasteiger partial charge on any atom is -0.434 e. The molecule has 0 unspecified atom stereocenters. The van der Waals surface area contributed by atoms with Crippen molar-refractivity contribution in [2.45, 2.75) is 59.8 Å². The van der Waals surface area contributed by atoms with Crippen LogP contribution in [0.4, 0.5) is 4.79 Å². The average molecular weight is 335 g/mol. The molecule has 0 radical (unpaired) electrons. The van der Waals surface area contributed by atoms with Crippen LogP contribution in [0.1, 0.15) is 70.9 Å². The molecule has 0 atom stereocenters. The Morgan fingerprint density at radius 2 is 1.58 bits per heavy atom. The molecular formula is C20H33NO3. The summed E-state index contributed by atoms with van der Waals surface area (Å²) in [7, 11) is 0. The van der Waals surface area contributed by atoms with Crippen LogP contribution < -0.4 is 4.74 Å². The second kappa shape index (κ2) is 10.3. The number of hydrogen-bond donors (Lipinski definition) is 0. The van der Waals surface area contributed by atoms with Crippen molar-refractivity contribution in [2.75, 3.05) is 26.2 Å². The molecule has 0 saturated carbocycles. The number of rotatable bonds is 9. The number of carbonyl (C=O) groups is 1. The van der Waals surface area contributed by atoms with Crippen LogP contribution in [-0.2, 0) is 4.74 Å². The number of benzene rings is 1. The van der Waals surface area contributed by atoms with E-state index in [4.69, 9.17) is 9.47 Å². The van der Waals surface area contributed by atoms with Gasteiger partial charge in [-0.3, -0.25) is 0 Å². The maximum atomic E-state index is 12.1. The number of carbonyl (C=O) groups excluding carboxylic acids is 1. The van der Waals surface area contributed by atoms with E-state index in [0.717, 1.165) is 37.2 Å². The van der Waals surface area contributed by atoms with Crippen molar-refractivity contribution in [1.82, 2.24) is 4.90 Å². The van der Waals surface area contributed by atoms with Crippen LogP contribution in [0.25, 0.3) is 0 Å². The fourth-order valence-corrected chi connectivity index (χ4v) is 2.70. The maximum absolute atomic E-state index is 12.1. The predicted molar refractivity (Wildman–Crippen MR) is 99.0 cm³/mol. The van der Waals surface area contributed by atoms with Crippen LogP contribution >= 0.6 is 0 Å². The summed E-state index contributed by atoms with van der Waals surface area (Å²) in [5, 5.41) is 0. The summed E-state index contributed by atoms with van der Waals surface area (Å²) in [5.41, 5.74) is 2.09. The van der Waals surface area contributed by atoms with Gasteiger partial charge in [0.25, 0.3) is 0 Å². The Balaban J connectivity index is 2.66. The Labute approximate surface area is 147 Å². The third-order valence-electron chi connectivity index (χ3n) is 4.24. The molecule has 0 aromatic heterocycles. The number of nitrogens with zero attached hydrogens (tertiary/aromatic N) is 1. The van der Waals surface area contributed by atoms with E-state index in [1.165, 1.54) is 0 Å². The molecule has 0 spiro atoms. The van der Waals surface area contributed by atoms with E-state index < -0.39 is 6.16 Å². The minimum absolute atomic E-state index is 0.286. The van der Waals surface area contributed by atoms with Gasteiger partial charge in [-0.1, -0.05) is 59.7 Å². The monoisotopic (exact) mass is 335 g/mol. The molecular weight excluding hydrogens is 302 g/mol. The van der Waals surface area contributed by atoms with E-state index in [9.17, 15) is 4.79 Å². The van der Waals surface area contributed by atoms with E-state index >= 15 is 0 Å². The summed E-state index contributed by atoms with van der Waals surface area (Å²) in [6, 6.07) is 6.05. The topological polar surface area (TPSA) is 38.8 Å². The van der Waals surface area contributed by atoms with Gasteiger partial charge in [-0.25, -0.2) is 4.79 Å². The largest absolute Gasteiger partial charge is 0.513 e. The van der Waals surface area contributed by atoms with Crippen molar-refractivity contribution < 1.29 is 14.3 Å². The number of para-hydroxylation sites is 1. The Morgan fingerprint density at radius 1 is 1.04 bits per heavy atom. The molecule has 24 heavy (non-hydrogen) atoms. The SMILES string of the molecule is CCN(CC)CCCOC(=O)Oc1c(C(C)C)cccc1C(C)C. The van der Waals surface area contributed by atoms with Crippen LogP contribution in [0.3, 0.4) is 0 Å². The number of hydrogen-bond acceptors (Lipinski definition) is 4. The molecule has 1 aromatic rings. The van der Waals surface area contributed by atoms with E-state index in [1.54, 1.807) is 0 Å². The summed E-state index contributed by atoms with van der Waals surface area (Å²) < 4.78 is 10.9. The van der Waals surface area contributed by atoms with Crippen LogP contribution in [-0.4, -0.2) is 37.3 Å². The van der Waals surface area contributed by atoms with Crippen molar-refractivity contribution in [2.24, 2.45) is 0 Å². The van der Waals surface area contributed by atoms with Gasteiger partial charge in [0.15, 0.2) is 0 Å².